The van der Waals surface area contributed by atoms with E-state index in [1.807, 2.05) is 44.2 Å². The molecule has 5 rings (SSSR count). The zero-order valence-corrected chi connectivity index (χ0v) is 18.0. The van der Waals surface area contributed by atoms with Crippen molar-refractivity contribution in [2.75, 3.05) is 10.6 Å². The number of fused-ring (bicyclic) bond motifs is 1. The number of nitrogens with zero attached hydrogens (tertiary/aromatic N) is 3. The highest BCUT2D eigenvalue weighted by Gasteiger charge is 2.26. The number of aliphatic hydroxyl groups is 1. The third kappa shape index (κ3) is 4.38. The van der Waals surface area contributed by atoms with E-state index in [1.165, 1.54) is 0 Å². The molecule has 1 aliphatic heterocycles. The molecule has 2 aromatic heterocycles. The van der Waals surface area contributed by atoms with Crippen molar-refractivity contribution in [3.63, 3.8) is 0 Å². The smallest absolute Gasteiger partial charge is 0.249 e. The van der Waals surface area contributed by atoms with Gasteiger partial charge >= 0.3 is 0 Å². The van der Waals surface area contributed by atoms with Crippen molar-refractivity contribution < 1.29 is 14.6 Å². The van der Waals surface area contributed by atoms with Crippen LogP contribution in [0, 0.1) is 0 Å². The van der Waals surface area contributed by atoms with E-state index in [0.29, 0.717) is 28.6 Å². The predicted octanol–water partition coefficient (Wildman–Crippen LogP) is 3.06. The second kappa shape index (κ2) is 8.16. The Bertz CT molecular complexity index is 1200. The van der Waals surface area contributed by atoms with Gasteiger partial charge in [0, 0.05) is 41.4 Å². The highest BCUT2D eigenvalue weighted by atomic mass is 16.5. The van der Waals surface area contributed by atoms with Gasteiger partial charge in [0.25, 0.3) is 0 Å². The number of anilines is 3. The van der Waals surface area contributed by atoms with Crippen molar-refractivity contribution in [1.29, 1.82) is 0 Å². The van der Waals surface area contributed by atoms with Gasteiger partial charge < -0.3 is 25.8 Å². The molecule has 3 heterocycles. The number of benzene rings is 1. The van der Waals surface area contributed by atoms with E-state index in [9.17, 15) is 9.90 Å². The number of nitrogens with one attached hydrogen (secondary N) is 3. The second-order valence-corrected chi connectivity index (χ2v) is 8.46. The Morgan fingerprint density at radius 1 is 1.31 bits per heavy atom. The lowest BCUT2D eigenvalue weighted by Crippen LogP contribution is -2.24. The molecule has 1 aliphatic carbocycles. The third-order valence-corrected chi connectivity index (χ3v) is 5.24. The summed E-state index contributed by atoms with van der Waals surface area (Å²) < 4.78 is 7.54. The van der Waals surface area contributed by atoms with Gasteiger partial charge in [0.15, 0.2) is 5.65 Å². The van der Waals surface area contributed by atoms with Crippen LogP contribution in [0.4, 0.5) is 17.3 Å². The zero-order valence-electron chi connectivity index (χ0n) is 18.0. The van der Waals surface area contributed by atoms with E-state index in [2.05, 4.69) is 21.0 Å². The number of carbonyl (C=O) groups is 1. The van der Waals surface area contributed by atoms with Gasteiger partial charge in [-0.2, -0.15) is 9.61 Å². The Kier molecular flexibility index (Phi) is 5.18. The summed E-state index contributed by atoms with van der Waals surface area (Å²) >= 11 is 0. The molecule has 1 amide bonds. The summed E-state index contributed by atoms with van der Waals surface area (Å²) in [7, 11) is 0. The molecule has 166 valence electrons. The molecule has 1 unspecified atom stereocenters. The summed E-state index contributed by atoms with van der Waals surface area (Å²) in [6.07, 6.45) is 5.16. The number of rotatable bonds is 7. The van der Waals surface area contributed by atoms with Gasteiger partial charge in [0.2, 0.25) is 5.91 Å². The summed E-state index contributed by atoms with van der Waals surface area (Å²) in [5.74, 6) is 1.99. The third-order valence-electron chi connectivity index (χ3n) is 5.24. The Balaban J connectivity index is 1.51. The lowest BCUT2D eigenvalue weighted by molar-refractivity contribution is -0.117. The van der Waals surface area contributed by atoms with Crippen molar-refractivity contribution >= 4 is 35.0 Å². The van der Waals surface area contributed by atoms with Gasteiger partial charge in [-0.05, 0) is 44.9 Å². The number of carbonyl (C=O) groups excluding carboxylic acids is 1. The number of ether oxygens (including phenoxy) is 1. The SMILES string of the molecule is CC(C)Oc1cccc(Nc2cc(NC3CC3)n3ncc(/C=C4\CC(O)NC4=O)c3n2)c1. The standard InChI is InChI=1S/C23H26N6O3/c1-13(2)32-18-5-3-4-17(10-18)25-19-11-20(26-16-6-7-16)29-22(27-19)15(12-24-29)8-14-9-21(30)28-23(14)31/h3-5,8,10-13,16,21,26,30H,6-7,9H2,1-2H3,(H,25,27)(H,28,31)/b14-8+. The lowest BCUT2D eigenvalue weighted by Gasteiger charge is -2.13. The molecule has 1 saturated heterocycles. The molecular formula is C23H26N6O3. The van der Waals surface area contributed by atoms with Gasteiger partial charge in [0.05, 0.1) is 12.3 Å². The van der Waals surface area contributed by atoms with Crippen LogP contribution in [0.2, 0.25) is 0 Å². The molecule has 0 spiro atoms. The minimum atomic E-state index is -0.854. The summed E-state index contributed by atoms with van der Waals surface area (Å²) in [6.45, 7) is 3.98. The summed E-state index contributed by atoms with van der Waals surface area (Å²) in [5, 5.41) is 23.6. The van der Waals surface area contributed by atoms with E-state index >= 15 is 0 Å². The Hall–Kier alpha value is -3.59. The van der Waals surface area contributed by atoms with Crippen molar-refractivity contribution in [2.24, 2.45) is 0 Å². The number of hydrogen-bond donors (Lipinski definition) is 4. The molecule has 9 heteroatoms. The maximum Gasteiger partial charge on any atom is 0.249 e. The molecule has 4 N–H and O–H groups in total. The number of amides is 1. The average Bonchev–Trinajstić information content (AvgIpc) is 3.36. The van der Waals surface area contributed by atoms with Gasteiger partial charge in [-0.15, -0.1) is 0 Å². The summed E-state index contributed by atoms with van der Waals surface area (Å²) in [4.78, 5) is 16.8. The normalized spacial score (nSPS) is 19.6. The molecule has 1 aromatic carbocycles. The molecule has 2 fully saturated rings. The number of hydrogen-bond acceptors (Lipinski definition) is 7. The van der Waals surface area contributed by atoms with Crippen LogP contribution in [0.15, 0.2) is 42.1 Å². The van der Waals surface area contributed by atoms with Crippen LogP contribution in [-0.4, -0.2) is 44.0 Å². The number of aliphatic hydroxyl groups excluding tert-OH is 1. The van der Waals surface area contributed by atoms with E-state index < -0.39 is 6.23 Å². The molecule has 1 saturated carbocycles. The van der Waals surface area contributed by atoms with Crippen LogP contribution in [0.1, 0.15) is 38.7 Å². The topological polar surface area (TPSA) is 113 Å². The molecule has 9 nitrogen and oxygen atoms in total. The van der Waals surface area contributed by atoms with Gasteiger partial charge in [-0.1, -0.05) is 6.07 Å². The molecule has 0 bridgehead atoms. The van der Waals surface area contributed by atoms with Crippen LogP contribution in [-0.2, 0) is 4.79 Å². The van der Waals surface area contributed by atoms with Gasteiger partial charge in [0.1, 0.15) is 23.6 Å². The fraction of sp³-hybridized carbons (Fsp3) is 0.348. The van der Waals surface area contributed by atoms with Crippen LogP contribution in [0.3, 0.4) is 0 Å². The molecule has 1 atom stereocenters. The largest absolute Gasteiger partial charge is 0.491 e. The fourth-order valence-electron chi connectivity index (χ4n) is 3.66. The minimum Gasteiger partial charge on any atom is -0.491 e. The van der Waals surface area contributed by atoms with Crippen LogP contribution < -0.4 is 20.7 Å². The van der Waals surface area contributed by atoms with Crippen molar-refractivity contribution in [3.8, 4) is 5.75 Å². The first-order chi connectivity index (χ1) is 15.4. The monoisotopic (exact) mass is 434 g/mol. The van der Waals surface area contributed by atoms with Crippen LogP contribution >= 0.6 is 0 Å². The summed E-state index contributed by atoms with van der Waals surface area (Å²) in [6, 6.07) is 10.1. The summed E-state index contributed by atoms with van der Waals surface area (Å²) in [5.41, 5.74) is 2.69. The maximum atomic E-state index is 12.1. The lowest BCUT2D eigenvalue weighted by atomic mass is 10.1. The first kappa shape index (κ1) is 20.3. The molecule has 2 aliphatic rings. The molecule has 0 radical (unpaired) electrons. The Morgan fingerprint density at radius 3 is 2.88 bits per heavy atom. The zero-order chi connectivity index (χ0) is 22.2. The van der Waals surface area contributed by atoms with Crippen LogP contribution in [0.25, 0.3) is 11.7 Å². The predicted molar refractivity (Wildman–Crippen MR) is 122 cm³/mol. The van der Waals surface area contributed by atoms with E-state index in [-0.39, 0.29) is 18.4 Å². The first-order valence-electron chi connectivity index (χ1n) is 10.8. The van der Waals surface area contributed by atoms with Crippen molar-refractivity contribution in [3.05, 3.63) is 47.7 Å². The van der Waals surface area contributed by atoms with Crippen LogP contribution in [0.5, 0.6) is 5.75 Å². The van der Waals surface area contributed by atoms with Crippen molar-refractivity contribution in [1.82, 2.24) is 19.9 Å². The fourth-order valence-corrected chi connectivity index (χ4v) is 3.66. The molecule has 3 aromatic rings. The average molecular weight is 435 g/mol. The van der Waals surface area contributed by atoms with E-state index in [1.54, 1.807) is 16.8 Å². The first-order valence-corrected chi connectivity index (χ1v) is 10.8. The number of aromatic nitrogens is 3. The maximum absolute atomic E-state index is 12.1. The van der Waals surface area contributed by atoms with Gasteiger partial charge in [-0.3, -0.25) is 4.79 Å². The molecule has 32 heavy (non-hydrogen) atoms. The Labute approximate surface area is 185 Å². The second-order valence-electron chi connectivity index (χ2n) is 8.46. The molecular weight excluding hydrogens is 408 g/mol. The highest BCUT2D eigenvalue weighted by molar-refractivity contribution is 6.00. The minimum absolute atomic E-state index is 0.0859. The van der Waals surface area contributed by atoms with E-state index in [4.69, 9.17) is 9.72 Å². The van der Waals surface area contributed by atoms with E-state index in [0.717, 1.165) is 30.1 Å². The Morgan fingerprint density at radius 2 is 2.16 bits per heavy atom. The highest BCUT2D eigenvalue weighted by Crippen LogP contribution is 2.29. The van der Waals surface area contributed by atoms with Crippen molar-refractivity contribution in [2.45, 2.75) is 51.5 Å². The van der Waals surface area contributed by atoms with Gasteiger partial charge in [-0.25, -0.2) is 4.98 Å². The quantitative estimate of drug-likeness (QED) is 0.423.